The highest BCUT2D eigenvalue weighted by Gasteiger charge is 2.34. The molecule has 0 heterocycles. The fraction of sp³-hybridized carbons (Fsp3) is 0.429. The van der Waals surface area contributed by atoms with Crippen LogP contribution in [0.2, 0.25) is 0 Å². The van der Waals surface area contributed by atoms with Crippen LogP contribution in [-0.2, 0) is 9.53 Å². The molecule has 0 radical (unpaired) electrons. The number of hydrogen-bond acceptors (Lipinski definition) is 3. The molecule has 0 spiro atoms. The third-order valence-corrected chi connectivity index (χ3v) is 3.32. The van der Waals surface area contributed by atoms with E-state index in [2.05, 4.69) is 15.4 Å². The summed E-state index contributed by atoms with van der Waals surface area (Å²) in [6, 6.07) is 2.46. The van der Waals surface area contributed by atoms with Crippen molar-refractivity contribution in [3.05, 3.63) is 29.8 Å². The van der Waals surface area contributed by atoms with E-state index in [0.717, 1.165) is 18.9 Å². The minimum Gasteiger partial charge on any atom is -0.469 e. The highest BCUT2D eigenvalue weighted by atomic mass is 19.2. The zero-order chi connectivity index (χ0) is 15.4. The van der Waals surface area contributed by atoms with Gasteiger partial charge in [0, 0.05) is 6.04 Å². The van der Waals surface area contributed by atoms with Gasteiger partial charge in [-0.3, -0.25) is 4.79 Å². The second-order valence-electron chi connectivity index (χ2n) is 4.92. The van der Waals surface area contributed by atoms with Crippen LogP contribution in [0.4, 0.5) is 19.3 Å². The molecule has 21 heavy (non-hydrogen) atoms. The number of amides is 2. The Morgan fingerprint density at radius 2 is 2.10 bits per heavy atom. The van der Waals surface area contributed by atoms with E-state index in [4.69, 9.17) is 0 Å². The first-order chi connectivity index (χ1) is 10.0. The largest absolute Gasteiger partial charge is 0.469 e. The van der Waals surface area contributed by atoms with Gasteiger partial charge in [0.25, 0.3) is 0 Å². The quantitative estimate of drug-likeness (QED) is 0.820. The third-order valence-electron chi connectivity index (χ3n) is 3.32. The lowest BCUT2D eigenvalue weighted by molar-refractivity contribution is -0.141. The minimum atomic E-state index is -1.12. The highest BCUT2D eigenvalue weighted by Crippen LogP contribution is 2.34. The Kier molecular flexibility index (Phi) is 4.72. The Balaban J connectivity index is 1.96. The average molecular weight is 298 g/mol. The van der Waals surface area contributed by atoms with E-state index in [1.807, 2.05) is 0 Å². The maximum Gasteiger partial charge on any atom is 0.319 e. The van der Waals surface area contributed by atoms with E-state index < -0.39 is 23.6 Å². The molecule has 1 aromatic rings. The molecule has 1 aliphatic carbocycles. The van der Waals surface area contributed by atoms with E-state index in [-0.39, 0.29) is 24.1 Å². The summed E-state index contributed by atoms with van der Waals surface area (Å²) < 4.78 is 31.1. The molecule has 1 aromatic carbocycles. The summed E-state index contributed by atoms with van der Waals surface area (Å²) in [5, 5.41) is 4.84. The number of hydrogen-bond donors (Lipinski definition) is 2. The second-order valence-corrected chi connectivity index (χ2v) is 4.92. The van der Waals surface area contributed by atoms with Gasteiger partial charge in [-0.15, -0.1) is 0 Å². The molecule has 0 bridgehead atoms. The molecule has 0 aliphatic heterocycles. The molecule has 1 saturated carbocycles. The van der Waals surface area contributed by atoms with Crippen LogP contribution in [0.15, 0.2) is 18.2 Å². The lowest BCUT2D eigenvalue weighted by atomic mass is 10.1. The van der Waals surface area contributed by atoms with Crippen molar-refractivity contribution >= 4 is 17.7 Å². The monoisotopic (exact) mass is 298 g/mol. The summed E-state index contributed by atoms with van der Waals surface area (Å²) in [5.41, 5.74) is -0.250. The summed E-state index contributed by atoms with van der Waals surface area (Å²) >= 11 is 0. The van der Waals surface area contributed by atoms with E-state index in [9.17, 15) is 18.4 Å². The number of urea groups is 1. The lowest BCUT2D eigenvalue weighted by Crippen LogP contribution is -2.41. The van der Waals surface area contributed by atoms with Crippen LogP contribution >= 0.6 is 0 Å². The maximum absolute atomic E-state index is 13.4. The zero-order valence-electron chi connectivity index (χ0n) is 11.5. The maximum atomic E-state index is 13.4. The first-order valence-electron chi connectivity index (χ1n) is 6.59. The first kappa shape index (κ1) is 15.2. The van der Waals surface area contributed by atoms with E-state index in [1.54, 1.807) is 0 Å². The SMILES string of the molecule is COC(=O)C[C@H](NC(=O)Nc1cccc(F)c1F)C1CC1. The van der Waals surface area contributed by atoms with Crippen molar-refractivity contribution in [1.82, 2.24) is 5.32 Å². The standard InChI is InChI=1S/C14H16F2N2O3/c1-21-12(19)7-11(8-5-6-8)18-14(20)17-10-4-2-3-9(15)13(10)16/h2-4,8,11H,5-7H2,1H3,(H2,17,18,20)/t11-/m0/s1. The van der Waals surface area contributed by atoms with Gasteiger partial charge in [-0.05, 0) is 30.9 Å². The summed E-state index contributed by atoms with van der Waals surface area (Å²) in [6.45, 7) is 0. The number of nitrogens with one attached hydrogen (secondary N) is 2. The third kappa shape index (κ3) is 4.14. The van der Waals surface area contributed by atoms with Gasteiger partial charge in [0.2, 0.25) is 0 Å². The van der Waals surface area contributed by atoms with Gasteiger partial charge < -0.3 is 15.4 Å². The van der Waals surface area contributed by atoms with Gasteiger partial charge in [-0.25, -0.2) is 13.6 Å². The highest BCUT2D eigenvalue weighted by molar-refractivity contribution is 5.90. The molecule has 2 rings (SSSR count). The van der Waals surface area contributed by atoms with Crippen molar-refractivity contribution in [1.29, 1.82) is 0 Å². The fourth-order valence-corrected chi connectivity index (χ4v) is 2.02. The second kappa shape index (κ2) is 6.51. The van der Waals surface area contributed by atoms with Crippen LogP contribution in [-0.4, -0.2) is 25.2 Å². The van der Waals surface area contributed by atoms with E-state index >= 15 is 0 Å². The molecular weight excluding hydrogens is 282 g/mol. The van der Waals surface area contributed by atoms with Gasteiger partial charge in [0.15, 0.2) is 11.6 Å². The van der Waals surface area contributed by atoms with Gasteiger partial charge in [-0.2, -0.15) is 0 Å². The van der Waals surface area contributed by atoms with Crippen LogP contribution in [0.25, 0.3) is 0 Å². The zero-order valence-corrected chi connectivity index (χ0v) is 11.5. The molecule has 1 atom stereocenters. The van der Waals surface area contributed by atoms with Crippen LogP contribution in [0, 0.1) is 17.6 Å². The lowest BCUT2D eigenvalue weighted by Gasteiger charge is -2.17. The number of methoxy groups -OCH3 is 1. The Morgan fingerprint density at radius 1 is 1.38 bits per heavy atom. The van der Waals surface area contributed by atoms with Crippen molar-refractivity contribution < 1.29 is 23.1 Å². The Bertz CT molecular complexity index is 547. The van der Waals surface area contributed by atoms with Crippen molar-refractivity contribution in [3.63, 3.8) is 0 Å². The molecular formula is C14H16F2N2O3. The molecule has 0 saturated heterocycles. The van der Waals surface area contributed by atoms with E-state index in [1.165, 1.54) is 19.2 Å². The van der Waals surface area contributed by atoms with Crippen LogP contribution in [0.3, 0.4) is 0 Å². The number of esters is 1. The number of rotatable bonds is 5. The number of carbonyl (C=O) groups is 2. The van der Waals surface area contributed by atoms with Crippen LogP contribution in [0.5, 0.6) is 0 Å². The summed E-state index contributed by atoms with van der Waals surface area (Å²) in [6.07, 6.45) is 1.88. The molecule has 1 fully saturated rings. The molecule has 5 nitrogen and oxygen atoms in total. The van der Waals surface area contributed by atoms with Crippen molar-refractivity contribution in [2.45, 2.75) is 25.3 Å². The molecule has 0 aromatic heterocycles. The van der Waals surface area contributed by atoms with Gasteiger partial charge in [-0.1, -0.05) is 6.07 Å². The molecule has 114 valence electrons. The number of carbonyl (C=O) groups excluding carboxylic acids is 2. The summed E-state index contributed by atoms with van der Waals surface area (Å²) in [4.78, 5) is 23.1. The first-order valence-corrected chi connectivity index (χ1v) is 6.59. The Hall–Kier alpha value is -2.18. The molecule has 0 unspecified atom stereocenters. The van der Waals surface area contributed by atoms with Gasteiger partial charge in [0.05, 0.1) is 19.2 Å². The summed E-state index contributed by atoms with van der Waals surface area (Å²) in [7, 11) is 1.27. The smallest absolute Gasteiger partial charge is 0.319 e. The normalized spacial score (nSPS) is 15.2. The molecule has 1 aliphatic rings. The predicted octanol–water partition coefficient (Wildman–Crippen LogP) is 2.43. The van der Waals surface area contributed by atoms with E-state index in [0.29, 0.717) is 0 Å². The van der Waals surface area contributed by atoms with Crippen molar-refractivity contribution in [2.24, 2.45) is 5.92 Å². The predicted molar refractivity (Wildman–Crippen MR) is 71.7 cm³/mol. The number of anilines is 1. The van der Waals surface area contributed by atoms with Gasteiger partial charge in [0.1, 0.15) is 0 Å². The molecule has 2 N–H and O–H groups in total. The average Bonchev–Trinajstić information content (AvgIpc) is 3.27. The minimum absolute atomic E-state index is 0.0558. The van der Waals surface area contributed by atoms with Crippen LogP contribution in [0.1, 0.15) is 19.3 Å². The van der Waals surface area contributed by atoms with Crippen LogP contribution < -0.4 is 10.6 Å². The summed E-state index contributed by atoms with van der Waals surface area (Å²) in [5.74, 6) is -2.37. The topological polar surface area (TPSA) is 67.4 Å². The molecule has 2 amide bonds. The fourth-order valence-electron chi connectivity index (χ4n) is 2.02. The van der Waals surface area contributed by atoms with Gasteiger partial charge >= 0.3 is 12.0 Å². The molecule has 7 heteroatoms. The Labute approximate surface area is 120 Å². The van der Waals surface area contributed by atoms with Crippen molar-refractivity contribution in [3.8, 4) is 0 Å². The number of ether oxygens (including phenoxy) is 1. The Morgan fingerprint density at radius 3 is 2.71 bits per heavy atom. The number of benzene rings is 1. The number of halogens is 2. The van der Waals surface area contributed by atoms with Crippen molar-refractivity contribution in [2.75, 3.05) is 12.4 Å².